The molecule has 0 unspecified atom stereocenters. The molecule has 1 fully saturated rings. The van der Waals surface area contributed by atoms with Crippen molar-refractivity contribution in [3.63, 3.8) is 0 Å². The molecule has 0 amide bonds. The summed E-state index contributed by atoms with van der Waals surface area (Å²) in [6.07, 6.45) is 0.443. The first-order valence-electron chi connectivity index (χ1n) is 8.08. The minimum atomic E-state index is -0.361. The van der Waals surface area contributed by atoms with E-state index in [9.17, 15) is 4.79 Å². The fraction of sp³-hybridized carbons (Fsp3) is 0.611. The second-order valence-corrected chi connectivity index (χ2v) is 7.53. The highest BCUT2D eigenvalue weighted by atomic mass is 16.7. The van der Waals surface area contributed by atoms with Crippen molar-refractivity contribution in [3.05, 3.63) is 35.9 Å². The van der Waals surface area contributed by atoms with Crippen LogP contribution in [-0.4, -0.2) is 24.1 Å². The zero-order valence-electron chi connectivity index (χ0n) is 14.6. The first-order chi connectivity index (χ1) is 10.1. The molecule has 0 aromatic heterocycles. The Morgan fingerprint density at radius 1 is 1.05 bits per heavy atom. The van der Waals surface area contributed by atoms with Crippen LogP contribution >= 0.6 is 0 Å². The van der Waals surface area contributed by atoms with Crippen molar-refractivity contribution in [1.29, 1.82) is 0 Å². The van der Waals surface area contributed by atoms with E-state index in [-0.39, 0.29) is 29.9 Å². The van der Waals surface area contributed by atoms with Gasteiger partial charge in [0.05, 0.1) is 11.2 Å². The maximum Gasteiger partial charge on any atom is 0.461 e. The monoisotopic (exact) mass is 302 g/mol. The molecule has 0 spiro atoms. The number of Topliss-reactive ketones (excluding diaryl/α,β-unsaturated/α-hetero) is 1. The molecule has 0 N–H and O–H groups in total. The molecule has 0 saturated carbocycles. The van der Waals surface area contributed by atoms with E-state index >= 15 is 0 Å². The van der Waals surface area contributed by atoms with Gasteiger partial charge in [0.15, 0.2) is 5.78 Å². The second-order valence-electron chi connectivity index (χ2n) is 7.53. The molecule has 1 aromatic carbocycles. The molecule has 1 aliphatic heterocycles. The quantitative estimate of drug-likeness (QED) is 0.598. The Bertz CT molecular complexity index is 506. The van der Waals surface area contributed by atoms with Crippen molar-refractivity contribution in [3.8, 4) is 0 Å². The van der Waals surface area contributed by atoms with Crippen LogP contribution in [0.4, 0.5) is 0 Å². The maximum atomic E-state index is 12.5. The summed E-state index contributed by atoms with van der Waals surface area (Å²) in [5, 5.41) is 0. The number of carbonyl (C=O) groups excluding carboxylic acids is 1. The molecule has 120 valence electrons. The van der Waals surface area contributed by atoms with Gasteiger partial charge in [0.25, 0.3) is 0 Å². The van der Waals surface area contributed by atoms with Crippen LogP contribution in [0.15, 0.2) is 30.3 Å². The van der Waals surface area contributed by atoms with Gasteiger partial charge in [-0.1, -0.05) is 44.2 Å². The van der Waals surface area contributed by atoms with Gasteiger partial charge in [0.2, 0.25) is 0 Å². The molecular weight excluding hydrogens is 275 g/mol. The van der Waals surface area contributed by atoms with Crippen LogP contribution < -0.4 is 0 Å². The van der Waals surface area contributed by atoms with E-state index in [1.165, 1.54) is 0 Å². The van der Waals surface area contributed by atoms with Gasteiger partial charge in [-0.2, -0.15) is 0 Å². The molecule has 1 aliphatic rings. The van der Waals surface area contributed by atoms with Gasteiger partial charge in [-0.3, -0.25) is 4.79 Å². The summed E-state index contributed by atoms with van der Waals surface area (Å²) in [6.45, 7) is 12.4. The first-order valence-corrected chi connectivity index (χ1v) is 8.08. The SMILES string of the molecule is CC(C)[C@@H](CC(=O)c1ccccc1)B1OC(C)(C)C(C)(C)O1. The van der Waals surface area contributed by atoms with Gasteiger partial charge in [0.1, 0.15) is 0 Å². The van der Waals surface area contributed by atoms with Crippen LogP contribution in [0.3, 0.4) is 0 Å². The minimum Gasteiger partial charge on any atom is -0.403 e. The van der Waals surface area contributed by atoms with Crippen LogP contribution in [0.1, 0.15) is 58.3 Å². The highest BCUT2D eigenvalue weighted by Gasteiger charge is 2.54. The third kappa shape index (κ3) is 3.44. The molecule has 4 heteroatoms. The van der Waals surface area contributed by atoms with E-state index in [0.29, 0.717) is 12.3 Å². The van der Waals surface area contributed by atoms with Gasteiger partial charge in [-0.05, 0) is 33.6 Å². The van der Waals surface area contributed by atoms with Crippen molar-refractivity contribution in [2.24, 2.45) is 5.92 Å². The van der Waals surface area contributed by atoms with Crippen LogP contribution in [0.2, 0.25) is 5.82 Å². The zero-order chi connectivity index (χ0) is 16.5. The van der Waals surface area contributed by atoms with Crippen molar-refractivity contribution in [1.82, 2.24) is 0 Å². The average Bonchev–Trinajstić information content (AvgIpc) is 2.64. The van der Waals surface area contributed by atoms with Gasteiger partial charge >= 0.3 is 7.12 Å². The molecule has 0 bridgehead atoms. The number of benzene rings is 1. The molecule has 2 rings (SSSR count). The molecule has 22 heavy (non-hydrogen) atoms. The molecule has 1 heterocycles. The molecule has 1 aromatic rings. The summed E-state index contributed by atoms with van der Waals surface area (Å²) in [4.78, 5) is 12.5. The second kappa shape index (κ2) is 6.17. The first kappa shape index (κ1) is 17.2. The fourth-order valence-electron chi connectivity index (χ4n) is 2.67. The van der Waals surface area contributed by atoms with E-state index in [4.69, 9.17) is 9.31 Å². The molecule has 3 nitrogen and oxygen atoms in total. The van der Waals surface area contributed by atoms with E-state index in [0.717, 1.165) is 5.56 Å². The predicted octanol–water partition coefficient (Wildman–Crippen LogP) is 4.38. The zero-order valence-corrected chi connectivity index (χ0v) is 14.6. The fourth-order valence-corrected chi connectivity index (χ4v) is 2.67. The predicted molar refractivity (Wildman–Crippen MR) is 90.1 cm³/mol. The van der Waals surface area contributed by atoms with E-state index < -0.39 is 0 Å². The Balaban J connectivity index is 2.14. The lowest BCUT2D eigenvalue weighted by Crippen LogP contribution is -2.41. The third-order valence-electron chi connectivity index (χ3n) is 4.99. The Morgan fingerprint density at radius 2 is 1.55 bits per heavy atom. The average molecular weight is 302 g/mol. The van der Waals surface area contributed by atoms with Crippen molar-refractivity contribution in [2.75, 3.05) is 0 Å². The topological polar surface area (TPSA) is 35.5 Å². The molecule has 1 atom stereocenters. The van der Waals surface area contributed by atoms with E-state index in [1.54, 1.807) is 0 Å². The largest absolute Gasteiger partial charge is 0.461 e. The highest BCUT2D eigenvalue weighted by Crippen LogP contribution is 2.43. The number of ketones is 1. The molecule has 1 saturated heterocycles. The Labute approximate surface area is 134 Å². The van der Waals surface area contributed by atoms with Crippen LogP contribution in [0, 0.1) is 5.92 Å². The van der Waals surface area contributed by atoms with Gasteiger partial charge in [-0.15, -0.1) is 0 Å². The minimum absolute atomic E-state index is 0.0498. The Hall–Kier alpha value is -1.13. The van der Waals surface area contributed by atoms with Crippen molar-refractivity contribution < 1.29 is 14.1 Å². The van der Waals surface area contributed by atoms with Crippen molar-refractivity contribution >= 4 is 12.9 Å². The lowest BCUT2D eigenvalue weighted by Gasteiger charge is -2.32. The standard InChI is InChI=1S/C18H27BO3/c1-13(2)15(12-16(20)14-10-8-7-9-11-14)19-21-17(3,4)18(5,6)22-19/h7-11,13,15H,12H2,1-6H3/t15-/m1/s1. The maximum absolute atomic E-state index is 12.5. The summed E-state index contributed by atoms with van der Waals surface area (Å²) < 4.78 is 12.3. The Kier molecular flexibility index (Phi) is 4.83. The van der Waals surface area contributed by atoms with E-state index in [1.807, 2.05) is 58.0 Å². The van der Waals surface area contributed by atoms with Crippen LogP contribution in [-0.2, 0) is 9.31 Å². The van der Waals surface area contributed by atoms with Gasteiger partial charge in [-0.25, -0.2) is 0 Å². The summed E-state index contributed by atoms with van der Waals surface area (Å²) in [7, 11) is -0.335. The van der Waals surface area contributed by atoms with Gasteiger partial charge in [0, 0.05) is 17.8 Å². The van der Waals surface area contributed by atoms with E-state index in [2.05, 4.69) is 13.8 Å². The number of carbonyl (C=O) groups is 1. The van der Waals surface area contributed by atoms with Crippen LogP contribution in [0.5, 0.6) is 0 Å². The summed E-state index contributed by atoms with van der Waals surface area (Å²) in [5.74, 6) is 0.505. The molecule has 0 aliphatic carbocycles. The highest BCUT2D eigenvalue weighted by molar-refractivity contribution is 6.48. The summed E-state index contributed by atoms with van der Waals surface area (Å²) in [5.41, 5.74) is 0.0333. The smallest absolute Gasteiger partial charge is 0.403 e. The normalized spacial score (nSPS) is 21.1. The number of hydrogen-bond acceptors (Lipinski definition) is 3. The van der Waals surface area contributed by atoms with Gasteiger partial charge < -0.3 is 9.31 Å². The van der Waals surface area contributed by atoms with Crippen LogP contribution in [0.25, 0.3) is 0 Å². The number of hydrogen-bond donors (Lipinski definition) is 0. The lowest BCUT2D eigenvalue weighted by atomic mass is 9.63. The third-order valence-corrected chi connectivity index (χ3v) is 4.99. The molecule has 0 radical (unpaired) electrons. The summed E-state index contributed by atoms with van der Waals surface area (Å²) >= 11 is 0. The lowest BCUT2D eigenvalue weighted by molar-refractivity contribution is 0.00578. The summed E-state index contributed by atoms with van der Waals surface area (Å²) in [6, 6.07) is 9.44. The molecular formula is C18H27BO3. The number of rotatable bonds is 5. The Morgan fingerprint density at radius 3 is 2.00 bits per heavy atom. The van der Waals surface area contributed by atoms with Crippen molar-refractivity contribution in [2.45, 2.75) is 65.0 Å².